The highest BCUT2D eigenvalue weighted by atomic mass is 32.2. The van der Waals surface area contributed by atoms with Gasteiger partial charge in [0.05, 0.1) is 0 Å². The van der Waals surface area contributed by atoms with Gasteiger partial charge in [0.15, 0.2) is 0 Å². The van der Waals surface area contributed by atoms with Crippen molar-refractivity contribution in [3.63, 3.8) is 0 Å². The van der Waals surface area contributed by atoms with Crippen LogP contribution in [0.5, 0.6) is 0 Å². The summed E-state index contributed by atoms with van der Waals surface area (Å²) in [6, 6.07) is 9.84. The first-order chi connectivity index (χ1) is 10.3. The van der Waals surface area contributed by atoms with Crippen molar-refractivity contribution in [1.29, 1.82) is 0 Å². The number of aliphatic hydroxyl groups is 1. The van der Waals surface area contributed by atoms with Crippen molar-refractivity contribution in [3.05, 3.63) is 35.9 Å². The Kier molecular flexibility index (Phi) is 5.40. The lowest BCUT2D eigenvalue weighted by Gasteiger charge is -2.38. The SMILES string of the molecule is CC1CN(C(=O)C(C)(O)CCc2ccccc2)CC(C)S1=O. The quantitative estimate of drug-likeness (QED) is 0.918. The van der Waals surface area contributed by atoms with Crippen LogP contribution in [0.2, 0.25) is 0 Å². The molecule has 1 saturated heterocycles. The molecule has 3 atom stereocenters. The number of carbonyl (C=O) groups excluding carboxylic acids is 1. The molecule has 0 spiro atoms. The highest BCUT2D eigenvalue weighted by Crippen LogP contribution is 2.22. The fourth-order valence-corrected chi connectivity index (χ4v) is 4.33. The number of hydrogen-bond acceptors (Lipinski definition) is 3. The molecular formula is C17H25NO3S. The van der Waals surface area contributed by atoms with Gasteiger partial charge in [0.2, 0.25) is 0 Å². The van der Waals surface area contributed by atoms with Gasteiger partial charge in [-0.3, -0.25) is 9.00 Å². The van der Waals surface area contributed by atoms with Crippen molar-refractivity contribution in [2.75, 3.05) is 13.1 Å². The van der Waals surface area contributed by atoms with Crippen molar-refractivity contribution in [2.24, 2.45) is 0 Å². The molecule has 3 unspecified atom stereocenters. The summed E-state index contributed by atoms with van der Waals surface area (Å²) in [7, 11) is -0.903. The maximum atomic E-state index is 12.6. The van der Waals surface area contributed by atoms with Crippen LogP contribution in [0, 0.1) is 0 Å². The number of nitrogens with zero attached hydrogens (tertiary/aromatic N) is 1. The van der Waals surface area contributed by atoms with Crippen LogP contribution in [-0.2, 0) is 22.0 Å². The summed E-state index contributed by atoms with van der Waals surface area (Å²) in [6.45, 7) is 6.28. The lowest BCUT2D eigenvalue weighted by atomic mass is 9.95. The number of amides is 1. The molecule has 1 aliphatic heterocycles. The van der Waals surface area contributed by atoms with E-state index in [1.807, 2.05) is 44.2 Å². The normalized spacial score (nSPS) is 28.2. The van der Waals surface area contributed by atoms with Gasteiger partial charge >= 0.3 is 0 Å². The molecule has 2 rings (SSSR count). The largest absolute Gasteiger partial charge is 0.380 e. The number of rotatable bonds is 4. The second-order valence-electron chi connectivity index (χ2n) is 6.42. The summed E-state index contributed by atoms with van der Waals surface area (Å²) in [5, 5.41) is 10.5. The molecule has 0 radical (unpaired) electrons. The van der Waals surface area contributed by atoms with Crippen LogP contribution in [0.1, 0.15) is 32.8 Å². The fourth-order valence-electron chi connectivity index (χ4n) is 2.88. The molecule has 122 valence electrons. The average Bonchev–Trinajstić information content (AvgIpc) is 2.50. The van der Waals surface area contributed by atoms with E-state index in [-0.39, 0.29) is 16.4 Å². The van der Waals surface area contributed by atoms with Crippen LogP contribution >= 0.6 is 0 Å². The molecule has 4 nitrogen and oxygen atoms in total. The zero-order chi connectivity index (χ0) is 16.3. The van der Waals surface area contributed by atoms with E-state index in [0.717, 1.165) is 5.56 Å². The molecule has 0 saturated carbocycles. The van der Waals surface area contributed by atoms with Gasteiger partial charge in [-0.25, -0.2) is 0 Å². The summed E-state index contributed by atoms with van der Waals surface area (Å²) < 4.78 is 12.0. The lowest BCUT2D eigenvalue weighted by molar-refractivity contribution is -0.150. The van der Waals surface area contributed by atoms with E-state index in [2.05, 4.69) is 0 Å². The third-order valence-electron chi connectivity index (χ3n) is 4.24. The predicted octanol–water partition coefficient (Wildman–Crippen LogP) is 1.74. The van der Waals surface area contributed by atoms with Gasteiger partial charge in [0, 0.05) is 34.4 Å². The average molecular weight is 323 g/mol. The number of carbonyl (C=O) groups is 1. The van der Waals surface area contributed by atoms with Crippen molar-refractivity contribution in [1.82, 2.24) is 4.90 Å². The van der Waals surface area contributed by atoms with Crippen LogP contribution in [0.4, 0.5) is 0 Å². The highest BCUT2D eigenvalue weighted by Gasteiger charge is 2.39. The molecule has 1 N–H and O–H groups in total. The van der Waals surface area contributed by atoms with Crippen LogP contribution in [0.25, 0.3) is 0 Å². The van der Waals surface area contributed by atoms with Crippen molar-refractivity contribution in [2.45, 2.75) is 49.7 Å². The van der Waals surface area contributed by atoms with Gasteiger partial charge in [0.1, 0.15) is 5.60 Å². The third kappa shape index (κ3) is 3.96. The van der Waals surface area contributed by atoms with Gasteiger partial charge < -0.3 is 10.0 Å². The maximum absolute atomic E-state index is 12.6. The monoisotopic (exact) mass is 323 g/mol. The Hall–Kier alpha value is -1.20. The first-order valence-electron chi connectivity index (χ1n) is 7.76. The van der Waals surface area contributed by atoms with E-state index in [0.29, 0.717) is 25.9 Å². The summed E-state index contributed by atoms with van der Waals surface area (Å²) in [4.78, 5) is 14.3. The fraction of sp³-hybridized carbons (Fsp3) is 0.588. The van der Waals surface area contributed by atoms with E-state index in [1.165, 1.54) is 0 Å². The Morgan fingerprint density at radius 1 is 1.27 bits per heavy atom. The molecular weight excluding hydrogens is 298 g/mol. The van der Waals surface area contributed by atoms with E-state index < -0.39 is 16.4 Å². The van der Waals surface area contributed by atoms with Crippen LogP contribution in [0.3, 0.4) is 0 Å². The number of benzene rings is 1. The molecule has 0 bridgehead atoms. The number of aryl methyl sites for hydroxylation is 1. The molecule has 0 aromatic heterocycles. The van der Waals surface area contributed by atoms with Crippen molar-refractivity contribution in [3.8, 4) is 0 Å². The molecule has 1 aliphatic rings. The van der Waals surface area contributed by atoms with E-state index in [4.69, 9.17) is 0 Å². The van der Waals surface area contributed by atoms with Crippen molar-refractivity contribution < 1.29 is 14.1 Å². The minimum absolute atomic E-state index is 0.0439. The van der Waals surface area contributed by atoms with Gasteiger partial charge in [0.25, 0.3) is 5.91 Å². The Balaban J connectivity index is 1.99. The van der Waals surface area contributed by atoms with Gasteiger partial charge in [-0.05, 0) is 39.2 Å². The standard InChI is InChI=1S/C17H25NO3S/c1-13-11-18(12-14(2)22(13)21)16(19)17(3,20)10-9-15-7-5-4-6-8-15/h4-8,13-14,20H,9-12H2,1-3H3. The summed E-state index contributed by atoms with van der Waals surface area (Å²) in [5.41, 5.74) is -0.272. The van der Waals surface area contributed by atoms with E-state index in [9.17, 15) is 14.1 Å². The second-order valence-corrected chi connectivity index (χ2v) is 8.69. The molecule has 1 aromatic carbocycles. The zero-order valence-electron chi connectivity index (χ0n) is 13.5. The van der Waals surface area contributed by atoms with Gasteiger partial charge in [-0.15, -0.1) is 0 Å². The Morgan fingerprint density at radius 3 is 2.36 bits per heavy atom. The Morgan fingerprint density at radius 2 is 1.82 bits per heavy atom. The summed E-state index contributed by atoms with van der Waals surface area (Å²) in [6.07, 6.45) is 1.04. The number of hydrogen-bond donors (Lipinski definition) is 1. The third-order valence-corrected chi connectivity index (χ3v) is 6.12. The highest BCUT2D eigenvalue weighted by molar-refractivity contribution is 7.86. The minimum Gasteiger partial charge on any atom is -0.380 e. The molecule has 0 aliphatic carbocycles. The first kappa shape index (κ1) is 17.2. The van der Waals surface area contributed by atoms with Gasteiger partial charge in [-0.2, -0.15) is 0 Å². The molecule has 1 fully saturated rings. The van der Waals surface area contributed by atoms with Gasteiger partial charge in [-0.1, -0.05) is 30.3 Å². The molecule has 22 heavy (non-hydrogen) atoms. The first-order valence-corrected chi connectivity index (χ1v) is 9.04. The topological polar surface area (TPSA) is 57.6 Å². The molecule has 1 heterocycles. The van der Waals surface area contributed by atoms with E-state index >= 15 is 0 Å². The van der Waals surface area contributed by atoms with Crippen LogP contribution in [0.15, 0.2) is 30.3 Å². The second kappa shape index (κ2) is 6.92. The Bertz CT molecular complexity index is 530. The van der Waals surface area contributed by atoms with Crippen LogP contribution < -0.4 is 0 Å². The summed E-state index contributed by atoms with van der Waals surface area (Å²) >= 11 is 0. The van der Waals surface area contributed by atoms with Crippen LogP contribution in [-0.4, -0.2) is 49.3 Å². The van der Waals surface area contributed by atoms with Crippen molar-refractivity contribution >= 4 is 16.7 Å². The molecule has 1 aromatic rings. The van der Waals surface area contributed by atoms with E-state index in [1.54, 1.807) is 11.8 Å². The molecule has 5 heteroatoms. The summed E-state index contributed by atoms with van der Waals surface area (Å²) in [5.74, 6) is -0.251. The smallest absolute Gasteiger partial charge is 0.254 e. The zero-order valence-corrected chi connectivity index (χ0v) is 14.3. The Labute approximate surface area is 135 Å². The lowest BCUT2D eigenvalue weighted by Crippen LogP contribution is -2.55. The maximum Gasteiger partial charge on any atom is 0.254 e. The predicted molar refractivity (Wildman–Crippen MR) is 89.0 cm³/mol. The minimum atomic E-state index is -1.38. The molecule has 1 amide bonds.